The van der Waals surface area contributed by atoms with Crippen LogP contribution in [0.1, 0.15) is 18.9 Å². The van der Waals surface area contributed by atoms with Crippen LogP contribution >= 0.6 is 0 Å². The van der Waals surface area contributed by atoms with Crippen LogP contribution in [-0.2, 0) is 9.53 Å². The lowest BCUT2D eigenvalue weighted by molar-refractivity contribution is -0.119. The standard InChI is InChI=1S/C15H19NO2/c1-3-16(14-7-5-4-6-12(14)2)15(17)10-13-8-9-18-11-13/h4-9,13H,3,10-11H2,1-2H3. The predicted molar refractivity (Wildman–Crippen MR) is 72.4 cm³/mol. The van der Waals surface area contributed by atoms with Crippen LogP contribution in [0.25, 0.3) is 0 Å². The number of carbonyl (C=O) groups excluding carboxylic acids is 1. The van der Waals surface area contributed by atoms with Gasteiger partial charge in [-0.15, -0.1) is 0 Å². The molecule has 18 heavy (non-hydrogen) atoms. The zero-order valence-electron chi connectivity index (χ0n) is 10.9. The largest absolute Gasteiger partial charge is 0.501 e. The molecule has 2 rings (SSSR count). The van der Waals surface area contributed by atoms with Crippen LogP contribution in [0, 0.1) is 12.8 Å². The molecule has 0 saturated carbocycles. The van der Waals surface area contributed by atoms with Crippen molar-refractivity contribution >= 4 is 11.6 Å². The van der Waals surface area contributed by atoms with E-state index in [9.17, 15) is 4.79 Å². The van der Waals surface area contributed by atoms with Crippen molar-refractivity contribution in [1.29, 1.82) is 0 Å². The first-order valence-corrected chi connectivity index (χ1v) is 6.36. The molecule has 3 heteroatoms. The minimum atomic E-state index is 0.159. The molecule has 0 saturated heterocycles. The second-order valence-electron chi connectivity index (χ2n) is 4.55. The van der Waals surface area contributed by atoms with Crippen molar-refractivity contribution in [2.24, 2.45) is 5.92 Å². The smallest absolute Gasteiger partial charge is 0.227 e. The highest BCUT2D eigenvalue weighted by Crippen LogP contribution is 2.22. The third kappa shape index (κ3) is 2.73. The van der Waals surface area contributed by atoms with E-state index in [-0.39, 0.29) is 11.8 Å². The molecule has 1 amide bonds. The topological polar surface area (TPSA) is 29.5 Å². The van der Waals surface area contributed by atoms with E-state index in [4.69, 9.17) is 4.74 Å². The van der Waals surface area contributed by atoms with Crippen LogP contribution < -0.4 is 4.90 Å². The minimum absolute atomic E-state index is 0.159. The van der Waals surface area contributed by atoms with Crippen molar-refractivity contribution in [3.05, 3.63) is 42.2 Å². The number of para-hydroxylation sites is 1. The number of nitrogens with zero attached hydrogens (tertiary/aromatic N) is 1. The van der Waals surface area contributed by atoms with Gasteiger partial charge in [-0.2, -0.15) is 0 Å². The van der Waals surface area contributed by atoms with Gasteiger partial charge in [0.05, 0.1) is 12.9 Å². The van der Waals surface area contributed by atoms with Gasteiger partial charge in [0.15, 0.2) is 0 Å². The van der Waals surface area contributed by atoms with Crippen molar-refractivity contribution < 1.29 is 9.53 Å². The fourth-order valence-electron chi connectivity index (χ4n) is 2.21. The van der Waals surface area contributed by atoms with Gasteiger partial charge in [0.2, 0.25) is 5.91 Å². The Morgan fingerprint density at radius 3 is 2.83 bits per heavy atom. The zero-order valence-corrected chi connectivity index (χ0v) is 10.9. The molecule has 1 atom stereocenters. The molecule has 1 unspecified atom stereocenters. The number of rotatable bonds is 4. The van der Waals surface area contributed by atoms with E-state index in [1.54, 1.807) is 6.26 Å². The fourth-order valence-corrected chi connectivity index (χ4v) is 2.21. The lowest BCUT2D eigenvalue weighted by Crippen LogP contribution is -2.32. The van der Waals surface area contributed by atoms with E-state index in [1.165, 1.54) is 0 Å². The number of benzene rings is 1. The summed E-state index contributed by atoms with van der Waals surface area (Å²) in [6.07, 6.45) is 4.16. The zero-order chi connectivity index (χ0) is 13.0. The van der Waals surface area contributed by atoms with Crippen LogP contribution in [0.5, 0.6) is 0 Å². The van der Waals surface area contributed by atoms with Gasteiger partial charge in [0.25, 0.3) is 0 Å². The van der Waals surface area contributed by atoms with Crippen LogP contribution in [-0.4, -0.2) is 19.1 Å². The van der Waals surface area contributed by atoms with Gasteiger partial charge in [0, 0.05) is 24.6 Å². The molecule has 0 fully saturated rings. The van der Waals surface area contributed by atoms with Gasteiger partial charge in [0.1, 0.15) is 0 Å². The monoisotopic (exact) mass is 245 g/mol. The Morgan fingerprint density at radius 2 is 2.22 bits per heavy atom. The summed E-state index contributed by atoms with van der Waals surface area (Å²) < 4.78 is 5.15. The number of ether oxygens (including phenoxy) is 1. The van der Waals surface area contributed by atoms with Crippen molar-refractivity contribution in [1.82, 2.24) is 0 Å². The summed E-state index contributed by atoms with van der Waals surface area (Å²) >= 11 is 0. The molecular weight excluding hydrogens is 226 g/mol. The predicted octanol–water partition coefficient (Wildman–Crippen LogP) is 2.90. The summed E-state index contributed by atoms with van der Waals surface area (Å²) in [7, 11) is 0. The van der Waals surface area contributed by atoms with Crippen molar-refractivity contribution in [2.75, 3.05) is 18.1 Å². The molecule has 0 aromatic heterocycles. The first-order chi connectivity index (χ1) is 8.72. The number of hydrogen-bond acceptors (Lipinski definition) is 2. The Bertz CT molecular complexity index is 454. The number of hydrogen-bond donors (Lipinski definition) is 0. The Morgan fingerprint density at radius 1 is 1.44 bits per heavy atom. The second kappa shape index (κ2) is 5.71. The highest BCUT2D eigenvalue weighted by atomic mass is 16.5. The van der Waals surface area contributed by atoms with Crippen LogP contribution in [0.4, 0.5) is 5.69 Å². The van der Waals surface area contributed by atoms with Gasteiger partial charge in [-0.05, 0) is 31.6 Å². The van der Waals surface area contributed by atoms with Crippen molar-refractivity contribution in [3.8, 4) is 0 Å². The molecule has 3 nitrogen and oxygen atoms in total. The van der Waals surface area contributed by atoms with Gasteiger partial charge in [-0.25, -0.2) is 0 Å². The average molecular weight is 245 g/mol. The first-order valence-electron chi connectivity index (χ1n) is 6.36. The molecule has 1 aliphatic heterocycles. The van der Waals surface area contributed by atoms with E-state index in [0.29, 0.717) is 19.6 Å². The van der Waals surface area contributed by atoms with Gasteiger partial charge < -0.3 is 9.64 Å². The molecular formula is C15H19NO2. The Balaban J connectivity index is 2.10. The van der Waals surface area contributed by atoms with Crippen LogP contribution in [0.2, 0.25) is 0 Å². The normalized spacial score (nSPS) is 17.6. The summed E-state index contributed by atoms with van der Waals surface area (Å²) in [6.45, 7) is 5.35. The summed E-state index contributed by atoms with van der Waals surface area (Å²) in [6, 6.07) is 7.99. The van der Waals surface area contributed by atoms with Crippen molar-refractivity contribution in [2.45, 2.75) is 20.3 Å². The van der Waals surface area contributed by atoms with Gasteiger partial charge in [-0.3, -0.25) is 4.79 Å². The van der Waals surface area contributed by atoms with Crippen LogP contribution in [0.3, 0.4) is 0 Å². The minimum Gasteiger partial charge on any atom is -0.501 e. The maximum Gasteiger partial charge on any atom is 0.227 e. The Kier molecular flexibility index (Phi) is 4.03. The molecule has 1 heterocycles. The molecule has 1 aromatic rings. The van der Waals surface area contributed by atoms with Gasteiger partial charge >= 0.3 is 0 Å². The molecule has 0 aliphatic carbocycles. The number of aryl methyl sites for hydroxylation is 1. The molecule has 0 spiro atoms. The highest BCUT2D eigenvalue weighted by Gasteiger charge is 2.21. The van der Waals surface area contributed by atoms with E-state index in [1.807, 2.05) is 49.1 Å². The maximum atomic E-state index is 12.3. The summed E-state index contributed by atoms with van der Waals surface area (Å²) in [5, 5.41) is 0. The first kappa shape index (κ1) is 12.7. The molecule has 0 N–H and O–H groups in total. The average Bonchev–Trinajstić information content (AvgIpc) is 2.85. The number of anilines is 1. The molecule has 1 aromatic carbocycles. The Hall–Kier alpha value is -1.77. The van der Waals surface area contributed by atoms with E-state index in [2.05, 4.69) is 0 Å². The SMILES string of the molecule is CCN(C(=O)CC1C=COC1)c1ccccc1C. The maximum absolute atomic E-state index is 12.3. The molecule has 0 radical (unpaired) electrons. The van der Waals surface area contributed by atoms with E-state index < -0.39 is 0 Å². The quantitative estimate of drug-likeness (QED) is 0.816. The molecule has 96 valence electrons. The van der Waals surface area contributed by atoms with Gasteiger partial charge in [-0.1, -0.05) is 18.2 Å². The summed E-state index contributed by atoms with van der Waals surface area (Å²) in [4.78, 5) is 14.2. The lowest BCUT2D eigenvalue weighted by atomic mass is 10.1. The molecule has 1 aliphatic rings. The fraction of sp³-hybridized carbons (Fsp3) is 0.400. The Labute approximate surface area is 108 Å². The third-order valence-electron chi connectivity index (χ3n) is 3.22. The van der Waals surface area contributed by atoms with E-state index in [0.717, 1.165) is 11.3 Å². The summed E-state index contributed by atoms with van der Waals surface area (Å²) in [5.41, 5.74) is 2.14. The van der Waals surface area contributed by atoms with E-state index >= 15 is 0 Å². The number of amides is 1. The number of carbonyl (C=O) groups is 1. The third-order valence-corrected chi connectivity index (χ3v) is 3.22. The van der Waals surface area contributed by atoms with Crippen LogP contribution in [0.15, 0.2) is 36.6 Å². The summed E-state index contributed by atoms with van der Waals surface area (Å²) in [5.74, 6) is 0.377. The molecule has 0 bridgehead atoms. The second-order valence-corrected chi connectivity index (χ2v) is 4.55. The lowest BCUT2D eigenvalue weighted by Gasteiger charge is -2.23. The highest BCUT2D eigenvalue weighted by molar-refractivity contribution is 5.94. The van der Waals surface area contributed by atoms with Crippen molar-refractivity contribution in [3.63, 3.8) is 0 Å².